The first-order chi connectivity index (χ1) is 10.0. The average molecular weight is 283 g/mol. The molecule has 0 radical (unpaired) electrons. The fraction of sp³-hybridized carbons (Fsp3) is 0.353. The van der Waals surface area contributed by atoms with Crippen molar-refractivity contribution < 1.29 is 14.4 Å². The molecule has 0 aromatic heterocycles. The molecule has 2 amide bonds. The Labute approximate surface area is 123 Å². The van der Waals surface area contributed by atoms with E-state index in [2.05, 4.69) is 0 Å². The highest BCUT2D eigenvalue weighted by Crippen LogP contribution is 2.40. The van der Waals surface area contributed by atoms with Crippen LogP contribution in [0.1, 0.15) is 30.6 Å². The van der Waals surface area contributed by atoms with Crippen molar-refractivity contribution in [1.82, 2.24) is 0 Å². The Bertz CT molecular complexity index is 662. The molecule has 3 rings (SSSR count). The van der Waals surface area contributed by atoms with Crippen molar-refractivity contribution in [3.63, 3.8) is 0 Å². The van der Waals surface area contributed by atoms with Crippen LogP contribution in [-0.4, -0.2) is 17.6 Å². The predicted molar refractivity (Wildman–Crippen MR) is 78.8 cm³/mol. The van der Waals surface area contributed by atoms with Crippen molar-refractivity contribution in [2.24, 2.45) is 17.8 Å². The zero-order chi connectivity index (χ0) is 15.1. The summed E-state index contributed by atoms with van der Waals surface area (Å²) in [5.74, 6) is -0.851. The van der Waals surface area contributed by atoms with Crippen molar-refractivity contribution in [3.05, 3.63) is 42.0 Å². The number of hydrogen-bond donors (Lipinski definition) is 0. The van der Waals surface area contributed by atoms with Gasteiger partial charge >= 0.3 is 0 Å². The van der Waals surface area contributed by atoms with Crippen LogP contribution in [0.3, 0.4) is 0 Å². The Hall–Kier alpha value is -2.23. The first-order valence-corrected chi connectivity index (χ1v) is 7.16. The molecule has 1 fully saturated rings. The van der Waals surface area contributed by atoms with Gasteiger partial charge in [0.25, 0.3) is 0 Å². The number of ketones is 1. The van der Waals surface area contributed by atoms with E-state index in [1.54, 1.807) is 24.3 Å². The molecule has 0 N–H and O–H groups in total. The fourth-order valence-electron chi connectivity index (χ4n) is 3.27. The maximum atomic E-state index is 12.6. The number of fused-ring (bicyclic) bond motifs is 1. The van der Waals surface area contributed by atoms with Gasteiger partial charge in [-0.05, 0) is 31.4 Å². The van der Waals surface area contributed by atoms with Gasteiger partial charge < -0.3 is 0 Å². The summed E-state index contributed by atoms with van der Waals surface area (Å²) in [4.78, 5) is 37.9. The molecular weight excluding hydrogens is 266 g/mol. The van der Waals surface area contributed by atoms with Crippen LogP contribution in [0.15, 0.2) is 36.4 Å². The van der Waals surface area contributed by atoms with E-state index < -0.39 is 0 Å². The number of benzene rings is 1. The monoisotopic (exact) mass is 283 g/mol. The van der Waals surface area contributed by atoms with Crippen LogP contribution in [0.4, 0.5) is 5.69 Å². The molecule has 2 aliphatic rings. The van der Waals surface area contributed by atoms with Crippen LogP contribution in [0.5, 0.6) is 0 Å². The Morgan fingerprint density at radius 2 is 2.00 bits per heavy atom. The second-order valence-electron chi connectivity index (χ2n) is 5.77. The Morgan fingerprint density at radius 3 is 2.67 bits per heavy atom. The summed E-state index contributed by atoms with van der Waals surface area (Å²) in [5.41, 5.74) is 1.01. The van der Waals surface area contributed by atoms with Crippen molar-refractivity contribution in [2.45, 2.75) is 20.3 Å². The maximum Gasteiger partial charge on any atom is 0.238 e. The van der Waals surface area contributed by atoms with Crippen LogP contribution >= 0.6 is 0 Å². The second kappa shape index (κ2) is 4.95. The fourth-order valence-corrected chi connectivity index (χ4v) is 3.27. The number of rotatable bonds is 2. The summed E-state index contributed by atoms with van der Waals surface area (Å²) in [5, 5.41) is 0. The molecule has 1 aliphatic heterocycles. The molecule has 1 aliphatic carbocycles. The van der Waals surface area contributed by atoms with E-state index in [9.17, 15) is 14.4 Å². The number of carbonyl (C=O) groups is 3. The molecule has 0 saturated carbocycles. The van der Waals surface area contributed by atoms with Crippen LogP contribution < -0.4 is 4.90 Å². The summed E-state index contributed by atoms with van der Waals surface area (Å²) in [7, 11) is 0. The highest BCUT2D eigenvalue weighted by Gasteiger charge is 2.50. The topological polar surface area (TPSA) is 54.5 Å². The van der Waals surface area contributed by atoms with Crippen LogP contribution in [0.2, 0.25) is 0 Å². The largest absolute Gasteiger partial charge is 0.295 e. The van der Waals surface area contributed by atoms with Crippen LogP contribution in [0, 0.1) is 17.8 Å². The van der Waals surface area contributed by atoms with E-state index >= 15 is 0 Å². The predicted octanol–water partition coefficient (Wildman–Crippen LogP) is 2.59. The molecule has 4 heteroatoms. The lowest BCUT2D eigenvalue weighted by Crippen LogP contribution is -2.31. The van der Waals surface area contributed by atoms with Crippen molar-refractivity contribution in [2.75, 3.05) is 4.90 Å². The molecule has 0 bridgehead atoms. The molecule has 0 spiro atoms. The molecule has 1 aromatic carbocycles. The number of amides is 2. The average Bonchev–Trinajstić information content (AvgIpc) is 2.72. The number of hydrogen-bond acceptors (Lipinski definition) is 3. The summed E-state index contributed by atoms with van der Waals surface area (Å²) in [6, 6.07) is 6.72. The van der Waals surface area contributed by atoms with Gasteiger partial charge in [-0.1, -0.05) is 31.2 Å². The molecule has 1 heterocycles. The van der Waals surface area contributed by atoms with E-state index in [0.29, 0.717) is 17.7 Å². The number of anilines is 1. The van der Waals surface area contributed by atoms with Gasteiger partial charge in [0.05, 0.1) is 17.5 Å². The normalized spacial score (nSPS) is 27.9. The van der Waals surface area contributed by atoms with E-state index in [1.165, 1.54) is 11.8 Å². The molecule has 21 heavy (non-hydrogen) atoms. The minimum atomic E-state index is -0.275. The first kappa shape index (κ1) is 13.7. The smallest absolute Gasteiger partial charge is 0.238 e. The number of imide groups is 1. The second-order valence-corrected chi connectivity index (χ2v) is 5.77. The molecule has 0 unspecified atom stereocenters. The molecule has 1 aromatic rings. The molecule has 3 atom stereocenters. The third-order valence-electron chi connectivity index (χ3n) is 4.38. The summed E-state index contributed by atoms with van der Waals surface area (Å²) in [6.45, 7) is 3.44. The first-order valence-electron chi connectivity index (χ1n) is 7.16. The van der Waals surface area contributed by atoms with E-state index in [4.69, 9.17) is 0 Å². The standard InChI is InChI=1S/C17H17NO3/c1-10-5-3-8-14-15(10)17(21)18(16(14)20)13-7-4-6-12(9-13)11(2)19/h3-7,9-10,14-15H,8H2,1-2H3/t10-,14+,15+/m0/s1. The summed E-state index contributed by atoms with van der Waals surface area (Å²) in [6.07, 6.45) is 4.59. The number of Topliss-reactive ketones (excluding diaryl/α,β-unsaturated/α-hetero) is 1. The minimum Gasteiger partial charge on any atom is -0.295 e. The van der Waals surface area contributed by atoms with E-state index in [-0.39, 0.29) is 35.4 Å². The maximum absolute atomic E-state index is 12.6. The lowest BCUT2D eigenvalue weighted by atomic mass is 9.78. The van der Waals surface area contributed by atoms with Gasteiger partial charge in [0.1, 0.15) is 0 Å². The molecule has 4 nitrogen and oxygen atoms in total. The molecular formula is C17H17NO3. The van der Waals surface area contributed by atoms with Crippen molar-refractivity contribution in [1.29, 1.82) is 0 Å². The SMILES string of the molecule is CC(=O)c1cccc(N2C(=O)[C@@H]3[C@@H](C)C=CC[C@H]3C2=O)c1. The summed E-state index contributed by atoms with van der Waals surface area (Å²) < 4.78 is 0. The highest BCUT2D eigenvalue weighted by atomic mass is 16.2. The quantitative estimate of drug-likeness (QED) is 0.476. The number of allylic oxidation sites excluding steroid dienone is 2. The summed E-state index contributed by atoms with van der Waals surface area (Å²) >= 11 is 0. The highest BCUT2D eigenvalue weighted by molar-refractivity contribution is 6.22. The van der Waals surface area contributed by atoms with Gasteiger partial charge in [0, 0.05) is 5.56 Å². The number of carbonyl (C=O) groups excluding carboxylic acids is 3. The zero-order valence-electron chi connectivity index (χ0n) is 12.1. The Kier molecular flexibility index (Phi) is 3.24. The van der Waals surface area contributed by atoms with Gasteiger partial charge in [-0.2, -0.15) is 0 Å². The molecule has 108 valence electrons. The van der Waals surface area contributed by atoms with Gasteiger partial charge in [0.15, 0.2) is 5.78 Å². The van der Waals surface area contributed by atoms with E-state index in [1.807, 2.05) is 19.1 Å². The third kappa shape index (κ3) is 2.11. The molecule has 1 saturated heterocycles. The van der Waals surface area contributed by atoms with E-state index in [0.717, 1.165) is 0 Å². The van der Waals surface area contributed by atoms with Crippen LogP contribution in [0.25, 0.3) is 0 Å². The lowest BCUT2D eigenvalue weighted by Gasteiger charge is -2.22. The van der Waals surface area contributed by atoms with Gasteiger partial charge in [-0.25, -0.2) is 0 Å². The lowest BCUT2D eigenvalue weighted by molar-refractivity contribution is -0.122. The van der Waals surface area contributed by atoms with Gasteiger partial charge in [0.2, 0.25) is 11.8 Å². The van der Waals surface area contributed by atoms with Crippen LogP contribution in [-0.2, 0) is 9.59 Å². The third-order valence-corrected chi connectivity index (χ3v) is 4.38. The Morgan fingerprint density at radius 1 is 1.24 bits per heavy atom. The Balaban J connectivity index is 2.00. The van der Waals surface area contributed by atoms with Gasteiger partial charge in [-0.3, -0.25) is 19.3 Å². The van der Waals surface area contributed by atoms with Gasteiger partial charge in [-0.15, -0.1) is 0 Å². The van der Waals surface area contributed by atoms with Crippen molar-refractivity contribution in [3.8, 4) is 0 Å². The zero-order valence-corrected chi connectivity index (χ0v) is 12.1. The number of nitrogens with zero attached hydrogens (tertiary/aromatic N) is 1. The minimum absolute atomic E-state index is 0.0705. The van der Waals surface area contributed by atoms with Crippen molar-refractivity contribution >= 4 is 23.3 Å².